The van der Waals surface area contributed by atoms with Crippen LogP contribution in [0.5, 0.6) is 5.75 Å². The largest absolute Gasteiger partial charge is 0.497 e. The molecule has 1 N–H and O–H groups in total. The Kier molecular flexibility index (Phi) is 5.86. The van der Waals surface area contributed by atoms with E-state index in [1.54, 1.807) is 7.11 Å². The molecular weight excluding hydrogens is 186 g/mol. The number of hydrogen-bond acceptors (Lipinski definition) is 2. The van der Waals surface area contributed by atoms with Gasteiger partial charge < -0.3 is 10.1 Å². The number of ether oxygens (including phenoxy) is 1. The third kappa shape index (κ3) is 4.84. The van der Waals surface area contributed by atoms with E-state index in [0.717, 1.165) is 25.3 Å². The van der Waals surface area contributed by atoms with Crippen molar-refractivity contribution in [1.82, 2.24) is 5.32 Å². The molecule has 0 saturated heterocycles. The van der Waals surface area contributed by atoms with E-state index in [2.05, 4.69) is 24.4 Å². The fraction of sp³-hybridized carbons (Fsp3) is 0.538. The number of unbranched alkanes of at least 4 members (excludes halogenated alkanes) is 1. The van der Waals surface area contributed by atoms with Crippen molar-refractivity contribution in [3.63, 3.8) is 0 Å². The van der Waals surface area contributed by atoms with Gasteiger partial charge in [0, 0.05) is 0 Å². The summed E-state index contributed by atoms with van der Waals surface area (Å²) in [6.45, 7) is 4.35. The molecule has 0 saturated carbocycles. The SMILES string of the molecule is CCNCCCCc1ccc(OC)cc1. The number of rotatable bonds is 7. The van der Waals surface area contributed by atoms with Crippen LogP contribution in [0.15, 0.2) is 24.3 Å². The van der Waals surface area contributed by atoms with E-state index in [1.165, 1.54) is 18.4 Å². The minimum absolute atomic E-state index is 0.936. The second-order valence-corrected chi connectivity index (χ2v) is 3.66. The molecule has 1 aromatic carbocycles. The first kappa shape index (κ1) is 12.1. The Morgan fingerprint density at radius 1 is 1.13 bits per heavy atom. The molecule has 0 spiro atoms. The lowest BCUT2D eigenvalue weighted by molar-refractivity contribution is 0.414. The van der Waals surface area contributed by atoms with Gasteiger partial charge in [-0.2, -0.15) is 0 Å². The molecule has 84 valence electrons. The second-order valence-electron chi connectivity index (χ2n) is 3.66. The van der Waals surface area contributed by atoms with Crippen molar-refractivity contribution in [1.29, 1.82) is 0 Å². The molecule has 1 aromatic rings. The first-order chi connectivity index (χ1) is 7.36. The van der Waals surface area contributed by atoms with Gasteiger partial charge in [0.05, 0.1) is 7.11 Å². The predicted octanol–water partition coefficient (Wildman–Crippen LogP) is 2.63. The molecule has 0 heterocycles. The maximum absolute atomic E-state index is 5.12. The van der Waals surface area contributed by atoms with Gasteiger partial charge in [-0.15, -0.1) is 0 Å². The van der Waals surface area contributed by atoms with Crippen LogP contribution in [0, 0.1) is 0 Å². The molecule has 0 aliphatic carbocycles. The van der Waals surface area contributed by atoms with Gasteiger partial charge in [-0.1, -0.05) is 19.1 Å². The summed E-state index contributed by atoms with van der Waals surface area (Å²) < 4.78 is 5.12. The highest BCUT2D eigenvalue weighted by molar-refractivity contribution is 5.27. The van der Waals surface area contributed by atoms with Crippen molar-refractivity contribution in [3.05, 3.63) is 29.8 Å². The molecule has 15 heavy (non-hydrogen) atoms. The Morgan fingerprint density at radius 3 is 2.47 bits per heavy atom. The van der Waals surface area contributed by atoms with Gasteiger partial charge in [-0.3, -0.25) is 0 Å². The van der Waals surface area contributed by atoms with Crippen LogP contribution in [-0.2, 0) is 6.42 Å². The molecular formula is C13H21NO. The Labute approximate surface area is 92.6 Å². The van der Waals surface area contributed by atoms with E-state index in [0.29, 0.717) is 0 Å². The molecule has 0 radical (unpaired) electrons. The monoisotopic (exact) mass is 207 g/mol. The van der Waals surface area contributed by atoms with Gasteiger partial charge in [0.25, 0.3) is 0 Å². The van der Waals surface area contributed by atoms with Crippen LogP contribution in [0.1, 0.15) is 25.3 Å². The van der Waals surface area contributed by atoms with E-state index < -0.39 is 0 Å². The summed E-state index contributed by atoms with van der Waals surface area (Å²) in [6.07, 6.45) is 3.66. The van der Waals surface area contributed by atoms with E-state index in [4.69, 9.17) is 4.74 Å². The van der Waals surface area contributed by atoms with E-state index in [1.807, 2.05) is 12.1 Å². The molecule has 0 aliphatic heterocycles. The maximum atomic E-state index is 5.12. The minimum Gasteiger partial charge on any atom is -0.497 e. The van der Waals surface area contributed by atoms with Crippen LogP contribution < -0.4 is 10.1 Å². The summed E-state index contributed by atoms with van der Waals surface area (Å²) in [7, 11) is 1.70. The Hall–Kier alpha value is -1.02. The Morgan fingerprint density at radius 2 is 1.87 bits per heavy atom. The summed E-state index contributed by atoms with van der Waals surface area (Å²) in [5.74, 6) is 0.936. The zero-order valence-corrected chi connectivity index (χ0v) is 9.75. The molecule has 0 bridgehead atoms. The van der Waals surface area contributed by atoms with Gasteiger partial charge in [-0.25, -0.2) is 0 Å². The Bertz CT molecular complexity index is 256. The number of benzene rings is 1. The van der Waals surface area contributed by atoms with Crippen molar-refractivity contribution in [2.45, 2.75) is 26.2 Å². The first-order valence-electron chi connectivity index (χ1n) is 5.70. The number of methoxy groups -OCH3 is 1. The van der Waals surface area contributed by atoms with Crippen molar-refractivity contribution < 1.29 is 4.74 Å². The quantitative estimate of drug-likeness (QED) is 0.694. The minimum atomic E-state index is 0.936. The van der Waals surface area contributed by atoms with Gasteiger partial charge in [0.1, 0.15) is 5.75 Å². The molecule has 0 atom stereocenters. The van der Waals surface area contributed by atoms with Crippen molar-refractivity contribution >= 4 is 0 Å². The van der Waals surface area contributed by atoms with Crippen LogP contribution in [0.4, 0.5) is 0 Å². The summed E-state index contributed by atoms with van der Waals surface area (Å²) in [5, 5.41) is 3.33. The average Bonchev–Trinajstić information content (AvgIpc) is 2.30. The Balaban J connectivity index is 2.20. The molecule has 1 rings (SSSR count). The third-order valence-electron chi connectivity index (χ3n) is 2.48. The summed E-state index contributed by atoms with van der Waals surface area (Å²) >= 11 is 0. The number of nitrogens with one attached hydrogen (secondary N) is 1. The molecule has 0 aliphatic rings. The van der Waals surface area contributed by atoms with Gasteiger partial charge in [0.15, 0.2) is 0 Å². The molecule has 0 unspecified atom stereocenters. The lowest BCUT2D eigenvalue weighted by Crippen LogP contribution is -2.13. The van der Waals surface area contributed by atoms with E-state index in [-0.39, 0.29) is 0 Å². The molecule has 0 amide bonds. The summed E-state index contributed by atoms with van der Waals surface area (Å²) in [5.41, 5.74) is 1.40. The van der Waals surface area contributed by atoms with Crippen LogP contribution in [-0.4, -0.2) is 20.2 Å². The average molecular weight is 207 g/mol. The van der Waals surface area contributed by atoms with Crippen LogP contribution in [0.2, 0.25) is 0 Å². The lowest BCUT2D eigenvalue weighted by atomic mass is 10.1. The first-order valence-corrected chi connectivity index (χ1v) is 5.70. The predicted molar refractivity (Wildman–Crippen MR) is 64.5 cm³/mol. The van der Waals surface area contributed by atoms with Crippen LogP contribution in [0.25, 0.3) is 0 Å². The topological polar surface area (TPSA) is 21.3 Å². The smallest absolute Gasteiger partial charge is 0.118 e. The maximum Gasteiger partial charge on any atom is 0.118 e. The highest BCUT2D eigenvalue weighted by Crippen LogP contribution is 2.12. The normalized spacial score (nSPS) is 10.3. The van der Waals surface area contributed by atoms with Crippen molar-refractivity contribution in [2.75, 3.05) is 20.2 Å². The highest BCUT2D eigenvalue weighted by atomic mass is 16.5. The van der Waals surface area contributed by atoms with Crippen molar-refractivity contribution in [2.24, 2.45) is 0 Å². The van der Waals surface area contributed by atoms with Crippen LogP contribution in [0.3, 0.4) is 0 Å². The fourth-order valence-corrected chi connectivity index (χ4v) is 1.55. The van der Waals surface area contributed by atoms with Gasteiger partial charge in [0.2, 0.25) is 0 Å². The van der Waals surface area contributed by atoms with Gasteiger partial charge >= 0.3 is 0 Å². The van der Waals surface area contributed by atoms with E-state index >= 15 is 0 Å². The number of hydrogen-bond donors (Lipinski definition) is 1. The molecule has 0 aromatic heterocycles. The fourth-order valence-electron chi connectivity index (χ4n) is 1.55. The van der Waals surface area contributed by atoms with E-state index in [9.17, 15) is 0 Å². The van der Waals surface area contributed by atoms with Crippen LogP contribution >= 0.6 is 0 Å². The number of aryl methyl sites for hydroxylation is 1. The van der Waals surface area contributed by atoms with Gasteiger partial charge in [-0.05, 0) is 50.0 Å². The van der Waals surface area contributed by atoms with Crippen molar-refractivity contribution in [3.8, 4) is 5.75 Å². The molecule has 2 nitrogen and oxygen atoms in total. The standard InChI is InChI=1S/C13H21NO/c1-3-14-11-5-4-6-12-7-9-13(15-2)10-8-12/h7-10,14H,3-6,11H2,1-2H3. The second kappa shape index (κ2) is 7.30. The molecule has 0 fully saturated rings. The zero-order chi connectivity index (χ0) is 10.9. The lowest BCUT2D eigenvalue weighted by Gasteiger charge is -2.04. The summed E-state index contributed by atoms with van der Waals surface area (Å²) in [4.78, 5) is 0. The summed E-state index contributed by atoms with van der Waals surface area (Å²) in [6, 6.07) is 8.34. The third-order valence-corrected chi connectivity index (χ3v) is 2.48. The molecule has 2 heteroatoms. The highest BCUT2D eigenvalue weighted by Gasteiger charge is 1.94. The zero-order valence-electron chi connectivity index (χ0n) is 9.75.